The summed E-state index contributed by atoms with van der Waals surface area (Å²) in [4.78, 5) is 18.7. The van der Waals surface area contributed by atoms with E-state index in [0.29, 0.717) is 12.1 Å². The molecule has 2 heterocycles. The van der Waals surface area contributed by atoms with Gasteiger partial charge in [-0.3, -0.25) is 4.79 Å². The van der Waals surface area contributed by atoms with Crippen molar-refractivity contribution in [1.82, 2.24) is 25.0 Å². The molecule has 26 heavy (non-hydrogen) atoms. The summed E-state index contributed by atoms with van der Waals surface area (Å²) in [6, 6.07) is 7.68. The zero-order chi connectivity index (χ0) is 18.2. The van der Waals surface area contributed by atoms with Gasteiger partial charge in [-0.15, -0.1) is 0 Å². The van der Waals surface area contributed by atoms with E-state index in [1.807, 2.05) is 24.3 Å². The fourth-order valence-corrected chi connectivity index (χ4v) is 3.31. The van der Waals surface area contributed by atoms with E-state index in [0.717, 1.165) is 37.4 Å². The van der Waals surface area contributed by atoms with Crippen LogP contribution in [0.3, 0.4) is 0 Å². The second-order valence-electron chi connectivity index (χ2n) is 7.28. The van der Waals surface area contributed by atoms with Crippen LogP contribution in [0.4, 0.5) is 0 Å². The Morgan fingerprint density at radius 1 is 1.19 bits per heavy atom. The maximum absolute atomic E-state index is 12.2. The minimum Gasteiger partial charge on any atom is -0.352 e. The lowest BCUT2D eigenvalue weighted by Gasteiger charge is -2.30. The van der Waals surface area contributed by atoms with E-state index in [1.165, 1.54) is 32.3 Å². The molecule has 0 radical (unpaired) electrons. The van der Waals surface area contributed by atoms with Crippen molar-refractivity contribution in [2.24, 2.45) is 5.92 Å². The lowest BCUT2D eigenvalue weighted by atomic mass is 9.99. The molecule has 6 nitrogen and oxygen atoms in total. The highest BCUT2D eigenvalue weighted by atomic mass is 16.1. The predicted octanol–water partition coefficient (Wildman–Crippen LogP) is 2.57. The van der Waals surface area contributed by atoms with Crippen molar-refractivity contribution in [3.8, 4) is 0 Å². The molecule has 0 bridgehead atoms. The third-order valence-electron chi connectivity index (χ3n) is 5.09. The number of carbonyl (C=O) groups excluding carboxylic acids is 1. The standard InChI is InChI=1S/C20H29N5O/c1-17-8-12-24(13-9-17)11-3-2-10-22-20(26)19-6-4-18(5-7-19)14-25-16-21-15-23-25/h4-7,15-17H,2-3,8-14H2,1H3,(H,22,26). The summed E-state index contributed by atoms with van der Waals surface area (Å²) in [7, 11) is 0. The van der Waals surface area contributed by atoms with Crippen LogP contribution in [0.1, 0.15) is 48.5 Å². The average molecular weight is 355 g/mol. The number of piperidine rings is 1. The van der Waals surface area contributed by atoms with Gasteiger partial charge in [0.05, 0.1) is 6.54 Å². The highest BCUT2D eigenvalue weighted by Crippen LogP contribution is 2.16. The minimum atomic E-state index is 0.00380. The molecule has 0 aliphatic carbocycles. The van der Waals surface area contributed by atoms with E-state index in [1.54, 1.807) is 11.0 Å². The third kappa shape index (κ3) is 5.66. The molecular formula is C20H29N5O. The molecule has 140 valence electrons. The maximum atomic E-state index is 12.2. The van der Waals surface area contributed by atoms with Gasteiger partial charge in [-0.25, -0.2) is 9.67 Å². The number of nitrogens with zero attached hydrogens (tertiary/aromatic N) is 4. The largest absolute Gasteiger partial charge is 0.352 e. The molecule has 0 spiro atoms. The van der Waals surface area contributed by atoms with Crippen LogP contribution in [-0.4, -0.2) is 51.8 Å². The topological polar surface area (TPSA) is 63.1 Å². The van der Waals surface area contributed by atoms with E-state index in [9.17, 15) is 4.79 Å². The molecule has 1 fully saturated rings. The lowest BCUT2D eigenvalue weighted by molar-refractivity contribution is 0.0952. The highest BCUT2D eigenvalue weighted by Gasteiger charge is 2.14. The van der Waals surface area contributed by atoms with Gasteiger partial charge < -0.3 is 10.2 Å². The SMILES string of the molecule is CC1CCN(CCCCNC(=O)c2ccc(Cn3cncn3)cc2)CC1. The summed E-state index contributed by atoms with van der Waals surface area (Å²) in [6.45, 7) is 7.36. The Morgan fingerprint density at radius 3 is 2.65 bits per heavy atom. The molecule has 2 aromatic rings. The summed E-state index contributed by atoms with van der Waals surface area (Å²) < 4.78 is 1.76. The Bertz CT molecular complexity index is 660. The van der Waals surface area contributed by atoms with Crippen LogP contribution in [0.25, 0.3) is 0 Å². The Balaban J connectivity index is 1.33. The van der Waals surface area contributed by atoms with E-state index >= 15 is 0 Å². The van der Waals surface area contributed by atoms with E-state index < -0.39 is 0 Å². The minimum absolute atomic E-state index is 0.00380. The van der Waals surface area contributed by atoms with Crippen molar-refractivity contribution in [1.29, 1.82) is 0 Å². The molecule has 1 N–H and O–H groups in total. The van der Waals surface area contributed by atoms with Crippen LogP contribution >= 0.6 is 0 Å². The number of aromatic nitrogens is 3. The number of carbonyl (C=O) groups is 1. The number of hydrogen-bond acceptors (Lipinski definition) is 4. The quantitative estimate of drug-likeness (QED) is 0.739. The molecule has 0 atom stereocenters. The molecule has 1 aliphatic rings. The first-order valence-corrected chi connectivity index (χ1v) is 9.62. The van der Waals surface area contributed by atoms with Crippen molar-refractivity contribution in [2.75, 3.05) is 26.2 Å². The first-order valence-electron chi connectivity index (χ1n) is 9.62. The smallest absolute Gasteiger partial charge is 0.251 e. The summed E-state index contributed by atoms with van der Waals surface area (Å²) in [5.74, 6) is 0.886. The number of amides is 1. The van der Waals surface area contributed by atoms with E-state index in [2.05, 4.69) is 27.2 Å². The fraction of sp³-hybridized carbons (Fsp3) is 0.550. The molecule has 1 saturated heterocycles. The molecule has 0 unspecified atom stereocenters. The first kappa shape index (κ1) is 18.6. The van der Waals surface area contributed by atoms with Gasteiger partial charge >= 0.3 is 0 Å². The van der Waals surface area contributed by atoms with Gasteiger partial charge in [0.1, 0.15) is 12.7 Å². The summed E-state index contributed by atoms with van der Waals surface area (Å²) >= 11 is 0. The zero-order valence-corrected chi connectivity index (χ0v) is 15.6. The maximum Gasteiger partial charge on any atom is 0.251 e. The molecule has 3 rings (SSSR count). The predicted molar refractivity (Wildman–Crippen MR) is 102 cm³/mol. The van der Waals surface area contributed by atoms with Crippen LogP contribution in [0.15, 0.2) is 36.9 Å². The van der Waals surface area contributed by atoms with Gasteiger partial charge in [0.2, 0.25) is 0 Å². The first-order chi connectivity index (χ1) is 12.7. The van der Waals surface area contributed by atoms with Crippen LogP contribution in [0.5, 0.6) is 0 Å². The van der Waals surface area contributed by atoms with Crippen molar-refractivity contribution in [3.05, 3.63) is 48.0 Å². The van der Waals surface area contributed by atoms with Gasteiger partial charge in [-0.05, 0) is 68.9 Å². The van der Waals surface area contributed by atoms with Gasteiger partial charge in [-0.2, -0.15) is 5.10 Å². The highest BCUT2D eigenvalue weighted by molar-refractivity contribution is 5.94. The molecular weight excluding hydrogens is 326 g/mol. The van der Waals surface area contributed by atoms with Crippen LogP contribution < -0.4 is 5.32 Å². The molecule has 1 aliphatic heterocycles. The number of unbranched alkanes of at least 4 members (excludes halogenated alkanes) is 1. The number of rotatable bonds is 8. The van der Waals surface area contributed by atoms with Crippen molar-refractivity contribution < 1.29 is 4.79 Å². The number of hydrogen-bond donors (Lipinski definition) is 1. The Morgan fingerprint density at radius 2 is 1.96 bits per heavy atom. The average Bonchev–Trinajstić information content (AvgIpc) is 3.16. The number of likely N-dealkylation sites (tertiary alicyclic amines) is 1. The second-order valence-corrected chi connectivity index (χ2v) is 7.28. The lowest BCUT2D eigenvalue weighted by Crippen LogP contribution is -2.34. The third-order valence-corrected chi connectivity index (χ3v) is 5.09. The molecule has 0 saturated carbocycles. The Kier molecular flexibility index (Phi) is 6.77. The molecule has 1 aromatic carbocycles. The van der Waals surface area contributed by atoms with Crippen molar-refractivity contribution in [3.63, 3.8) is 0 Å². The second kappa shape index (κ2) is 9.48. The van der Waals surface area contributed by atoms with Crippen LogP contribution in [0, 0.1) is 5.92 Å². The van der Waals surface area contributed by atoms with Crippen molar-refractivity contribution in [2.45, 2.75) is 39.2 Å². The van der Waals surface area contributed by atoms with E-state index in [-0.39, 0.29) is 5.91 Å². The summed E-state index contributed by atoms with van der Waals surface area (Å²) in [5, 5.41) is 7.11. The number of nitrogens with one attached hydrogen (secondary N) is 1. The molecule has 1 aromatic heterocycles. The monoisotopic (exact) mass is 355 g/mol. The summed E-state index contributed by atoms with van der Waals surface area (Å²) in [6.07, 6.45) is 8.03. The van der Waals surface area contributed by atoms with Crippen molar-refractivity contribution >= 4 is 5.91 Å². The van der Waals surface area contributed by atoms with Gasteiger partial charge in [0, 0.05) is 12.1 Å². The molecule has 6 heteroatoms. The van der Waals surface area contributed by atoms with Crippen LogP contribution in [-0.2, 0) is 6.54 Å². The zero-order valence-electron chi connectivity index (χ0n) is 15.6. The summed E-state index contributed by atoms with van der Waals surface area (Å²) in [5.41, 5.74) is 1.81. The van der Waals surface area contributed by atoms with Gasteiger partial charge in [0.15, 0.2) is 0 Å². The van der Waals surface area contributed by atoms with Crippen LogP contribution in [0.2, 0.25) is 0 Å². The van der Waals surface area contributed by atoms with Gasteiger partial charge in [0.25, 0.3) is 5.91 Å². The number of benzene rings is 1. The van der Waals surface area contributed by atoms with E-state index in [4.69, 9.17) is 0 Å². The fourth-order valence-electron chi connectivity index (χ4n) is 3.31. The molecule has 1 amide bonds. The normalized spacial score (nSPS) is 15.9. The Hall–Kier alpha value is -2.21. The van der Waals surface area contributed by atoms with Gasteiger partial charge in [-0.1, -0.05) is 19.1 Å². The Labute approximate surface area is 155 Å².